The molecular weight excluding hydrogens is 398 g/mol. The van der Waals surface area contributed by atoms with E-state index in [1.54, 1.807) is 12.1 Å². The van der Waals surface area contributed by atoms with E-state index < -0.39 is 15.6 Å². The Labute approximate surface area is 129 Å². The maximum absolute atomic E-state index is 12.2. The fourth-order valence-corrected chi connectivity index (χ4v) is 4.70. The second kappa shape index (κ2) is 5.44. The van der Waals surface area contributed by atoms with Gasteiger partial charge in [0.25, 0.3) is 0 Å². The zero-order chi connectivity index (χ0) is 14.3. The van der Waals surface area contributed by atoms with Crippen molar-refractivity contribution in [3.63, 3.8) is 0 Å². The number of aryl methyl sites for hydroxylation is 1. The van der Waals surface area contributed by atoms with E-state index in [9.17, 15) is 13.5 Å². The van der Waals surface area contributed by atoms with Crippen molar-refractivity contribution in [3.8, 4) is 0 Å². The minimum Gasteiger partial charge on any atom is -0.389 e. The number of sulfonamides is 1. The highest BCUT2D eigenvalue weighted by Gasteiger charge is 2.35. The van der Waals surface area contributed by atoms with Gasteiger partial charge in [-0.15, -0.1) is 0 Å². The van der Waals surface area contributed by atoms with Gasteiger partial charge in [0.2, 0.25) is 10.0 Å². The van der Waals surface area contributed by atoms with Crippen LogP contribution >= 0.6 is 31.9 Å². The summed E-state index contributed by atoms with van der Waals surface area (Å²) in [6.07, 6.45) is 2.24. The van der Waals surface area contributed by atoms with Gasteiger partial charge in [-0.2, -0.15) is 0 Å². The fourth-order valence-electron chi connectivity index (χ4n) is 1.90. The zero-order valence-corrected chi connectivity index (χ0v) is 14.4. The molecule has 0 aromatic heterocycles. The molecule has 0 spiro atoms. The van der Waals surface area contributed by atoms with Crippen molar-refractivity contribution in [3.05, 3.63) is 26.6 Å². The Morgan fingerprint density at radius 3 is 2.47 bits per heavy atom. The van der Waals surface area contributed by atoms with Gasteiger partial charge in [0, 0.05) is 15.5 Å². The third-order valence-electron chi connectivity index (χ3n) is 3.38. The number of benzene rings is 1. The maximum atomic E-state index is 12.2. The van der Waals surface area contributed by atoms with Crippen LogP contribution in [-0.2, 0) is 10.0 Å². The molecule has 0 bridgehead atoms. The number of hydrogen-bond acceptors (Lipinski definition) is 3. The number of rotatable bonds is 4. The molecule has 2 N–H and O–H groups in total. The molecule has 0 unspecified atom stereocenters. The summed E-state index contributed by atoms with van der Waals surface area (Å²) in [6.45, 7) is 1.95. The Kier molecular flexibility index (Phi) is 4.42. The molecule has 0 radical (unpaired) electrons. The lowest BCUT2D eigenvalue weighted by molar-refractivity contribution is -0.0270. The molecule has 0 amide bonds. The van der Waals surface area contributed by atoms with E-state index >= 15 is 0 Å². The largest absolute Gasteiger partial charge is 0.389 e. The summed E-state index contributed by atoms with van der Waals surface area (Å²) in [4.78, 5) is 0.174. The first-order chi connectivity index (χ1) is 8.73. The van der Waals surface area contributed by atoms with Crippen LogP contribution in [0.25, 0.3) is 0 Å². The van der Waals surface area contributed by atoms with Crippen molar-refractivity contribution in [2.45, 2.75) is 36.7 Å². The third kappa shape index (κ3) is 3.39. The molecule has 0 atom stereocenters. The number of hydrogen-bond donors (Lipinski definition) is 2. The molecule has 1 fully saturated rings. The van der Waals surface area contributed by atoms with Crippen LogP contribution in [-0.4, -0.2) is 25.7 Å². The Morgan fingerprint density at radius 2 is 1.95 bits per heavy atom. The van der Waals surface area contributed by atoms with E-state index in [4.69, 9.17) is 0 Å². The number of nitrogens with one attached hydrogen (secondary N) is 1. The van der Waals surface area contributed by atoms with Gasteiger partial charge < -0.3 is 5.11 Å². The van der Waals surface area contributed by atoms with Crippen LogP contribution in [0.3, 0.4) is 0 Å². The van der Waals surface area contributed by atoms with E-state index in [0.717, 1.165) is 16.5 Å². The van der Waals surface area contributed by atoms with E-state index in [-0.39, 0.29) is 11.4 Å². The van der Waals surface area contributed by atoms with Gasteiger partial charge in [0.1, 0.15) is 0 Å². The summed E-state index contributed by atoms with van der Waals surface area (Å²) >= 11 is 6.59. The second-order valence-electron chi connectivity index (χ2n) is 4.93. The molecule has 0 saturated heterocycles. The highest BCUT2D eigenvalue weighted by Crippen LogP contribution is 2.32. The van der Waals surface area contributed by atoms with E-state index in [1.165, 1.54) is 0 Å². The smallest absolute Gasteiger partial charge is 0.241 e. The van der Waals surface area contributed by atoms with Crippen molar-refractivity contribution >= 4 is 41.9 Å². The molecule has 2 rings (SSSR count). The van der Waals surface area contributed by atoms with Crippen molar-refractivity contribution in [2.75, 3.05) is 6.54 Å². The van der Waals surface area contributed by atoms with Crippen LogP contribution < -0.4 is 4.72 Å². The predicted molar refractivity (Wildman–Crippen MR) is 80.6 cm³/mol. The van der Waals surface area contributed by atoms with Gasteiger partial charge in [0.15, 0.2) is 0 Å². The van der Waals surface area contributed by atoms with Crippen LogP contribution in [0.5, 0.6) is 0 Å². The Morgan fingerprint density at radius 1 is 1.32 bits per heavy atom. The first-order valence-electron chi connectivity index (χ1n) is 5.91. The molecule has 19 heavy (non-hydrogen) atoms. The molecule has 1 aliphatic carbocycles. The van der Waals surface area contributed by atoms with Crippen LogP contribution in [0.2, 0.25) is 0 Å². The van der Waals surface area contributed by atoms with E-state index in [0.29, 0.717) is 17.3 Å². The summed E-state index contributed by atoms with van der Waals surface area (Å²) in [5.41, 5.74) is 0.0741. The summed E-state index contributed by atoms with van der Waals surface area (Å²) in [5.74, 6) is 0. The first kappa shape index (κ1) is 15.4. The van der Waals surface area contributed by atoms with Crippen molar-refractivity contribution in [1.82, 2.24) is 4.72 Å². The van der Waals surface area contributed by atoms with Crippen molar-refractivity contribution in [1.29, 1.82) is 0 Å². The summed E-state index contributed by atoms with van der Waals surface area (Å²) in [7, 11) is -3.63. The molecule has 1 aliphatic rings. The summed E-state index contributed by atoms with van der Waals surface area (Å²) < 4.78 is 28.2. The third-order valence-corrected chi connectivity index (χ3v) is 6.59. The molecule has 1 saturated carbocycles. The second-order valence-corrected chi connectivity index (χ2v) is 8.38. The van der Waals surface area contributed by atoms with E-state index in [1.807, 2.05) is 6.92 Å². The highest BCUT2D eigenvalue weighted by atomic mass is 79.9. The van der Waals surface area contributed by atoms with Crippen LogP contribution in [0.4, 0.5) is 0 Å². The lowest BCUT2D eigenvalue weighted by atomic mass is 9.81. The Bertz CT molecular complexity index is 597. The quantitative estimate of drug-likeness (QED) is 0.798. The van der Waals surface area contributed by atoms with Gasteiger partial charge in [-0.3, -0.25) is 0 Å². The minimum absolute atomic E-state index is 0.0628. The van der Waals surface area contributed by atoms with Gasteiger partial charge in [0.05, 0.1) is 10.5 Å². The van der Waals surface area contributed by atoms with Crippen molar-refractivity contribution < 1.29 is 13.5 Å². The van der Waals surface area contributed by atoms with Gasteiger partial charge in [-0.25, -0.2) is 13.1 Å². The molecule has 1 aromatic carbocycles. The molecule has 7 heteroatoms. The summed E-state index contributed by atoms with van der Waals surface area (Å²) in [6, 6.07) is 3.31. The first-order valence-corrected chi connectivity index (χ1v) is 8.98. The Hall–Kier alpha value is 0.0500. The lowest BCUT2D eigenvalue weighted by Crippen LogP contribution is -2.47. The monoisotopic (exact) mass is 411 g/mol. The topological polar surface area (TPSA) is 66.4 Å². The van der Waals surface area contributed by atoms with Crippen LogP contribution in [0.1, 0.15) is 24.8 Å². The lowest BCUT2D eigenvalue weighted by Gasteiger charge is -2.36. The average molecular weight is 413 g/mol. The minimum atomic E-state index is -3.63. The molecule has 0 heterocycles. The predicted octanol–water partition coefficient (Wildman–Crippen LogP) is 2.71. The molecule has 106 valence electrons. The van der Waals surface area contributed by atoms with Gasteiger partial charge in [-0.1, -0.05) is 15.9 Å². The average Bonchev–Trinajstić information content (AvgIpc) is 2.28. The standard InChI is InChI=1S/C12H15Br2NO3S/c1-8-5-10(14)11(6-9(8)13)19(17,18)15-7-12(16)3-2-4-12/h5-6,15-16H,2-4,7H2,1H3. The van der Waals surface area contributed by atoms with Gasteiger partial charge in [-0.05, 0) is 59.8 Å². The van der Waals surface area contributed by atoms with E-state index in [2.05, 4.69) is 36.6 Å². The molecule has 1 aromatic rings. The molecular formula is C12H15Br2NO3S. The highest BCUT2D eigenvalue weighted by molar-refractivity contribution is 9.11. The molecule has 4 nitrogen and oxygen atoms in total. The Balaban J connectivity index is 2.22. The summed E-state index contributed by atoms with van der Waals surface area (Å²) in [5, 5.41) is 9.94. The van der Waals surface area contributed by atoms with Crippen LogP contribution in [0, 0.1) is 6.92 Å². The maximum Gasteiger partial charge on any atom is 0.241 e. The number of aliphatic hydroxyl groups is 1. The van der Waals surface area contributed by atoms with Crippen LogP contribution in [0.15, 0.2) is 26.0 Å². The fraction of sp³-hybridized carbons (Fsp3) is 0.500. The normalized spacial score (nSPS) is 18.1. The SMILES string of the molecule is Cc1cc(Br)c(S(=O)(=O)NCC2(O)CCC2)cc1Br. The van der Waals surface area contributed by atoms with Gasteiger partial charge >= 0.3 is 0 Å². The molecule has 0 aliphatic heterocycles. The zero-order valence-electron chi connectivity index (χ0n) is 10.4. The van der Waals surface area contributed by atoms with Crippen molar-refractivity contribution in [2.24, 2.45) is 0 Å². The number of halogens is 2.